The zero-order chi connectivity index (χ0) is 31.1. The summed E-state index contributed by atoms with van der Waals surface area (Å²) in [7, 11) is 0. The molecule has 0 bridgehead atoms. The number of rotatable bonds is 7. The third kappa shape index (κ3) is 5.99. The minimum Gasteiger partial charge on any atom is -0.383 e. The molecule has 5 rings (SSSR count). The number of carbonyl (C=O) groups excluding carboxylic acids is 3. The average Bonchev–Trinajstić information content (AvgIpc) is 3.24. The number of alkyl halides is 2. The van der Waals surface area contributed by atoms with Gasteiger partial charge in [-0.1, -0.05) is 29.8 Å². The van der Waals surface area contributed by atoms with Gasteiger partial charge in [0.15, 0.2) is 0 Å². The van der Waals surface area contributed by atoms with Crippen LogP contribution in [0, 0.1) is 23.0 Å². The van der Waals surface area contributed by atoms with Crippen LogP contribution in [0.4, 0.5) is 29.2 Å². The number of halogens is 5. The van der Waals surface area contributed by atoms with Crippen molar-refractivity contribution in [3.63, 3.8) is 0 Å². The standard InChI is InChI=1S/C28H21ClF4N6O4/c29-20-4-2-1-3-19(20)23(24(41)36-17-11-28(32,33)12-17)38(18-8-14(30)7-15(31)9-18)25(42)21-10-22(40)26(43)39(21)27-35-6-5-16(13-34)37-27/h1-9,17,21-23,40H,10-12H2,(H,36,41). The normalized spacial score (nSPS) is 20.2. The molecule has 1 saturated heterocycles. The van der Waals surface area contributed by atoms with Crippen molar-refractivity contribution >= 4 is 41.0 Å². The van der Waals surface area contributed by atoms with Crippen LogP contribution in [0.25, 0.3) is 0 Å². The van der Waals surface area contributed by atoms with Gasteiger partial charge >= 0.3 is 0 Å². The Morgan fingerprint density at radius 3 is 2.47 bits per heavy atom. The van der Waals surface area contributed by atoms with Gasteiger partial charge in [0, 0.05) is 48.2 Å². The molecule has 1 aliphatic heterocycles. The maximum absolute atomic E-state index is 14.5. The predicted molar refractivity (Wildman–Crippen MR) is 143 cm³/mol. The lowest BCUT2D eigenvalue weighted by molar-refractivity contribution is -0.133. The zero-order valence-corrected chi connectivity index (χ0v) is 22.7. The highest BCUT2D eigenvalue weighted by atomic mass is 35.5. The summed E-state index contributed by atoms with van der Waals surface area (Å²) < 4.78 is 56.3. The molecule has 1 aromatic heterocycles. The minimum absolute atomic E-state index is 0.0232. The van der Waals surface area contributed by atoms with Crippen LogP contribution in [0.2, 0.25) is 5.02 Å². The predicted octanol–water partition coefficient (Wildman–Crippen LogP) is 3.43. The number of nitrogens with zero attached hydrogens (tertiary/aromatic N) is 5. The maximum Gasteiger partial charge on any atom is 0.259 e. The third-order valence-electron chi connectivity index (χ3n) is 7.04. The monoisotopic (exact) mass is 616 g/mol. The van der Waals surface area contributed by atoms with Gasteiger partial charge in [0.05, 0.1) is 5.69 Å². The summed E-state index contributed by atoms with van der Waals surface area (Å²) in [5.74, 6) is -8.76. The molecule has 43 heavy (non-hydrogen) atoms. The van der Waals surface area contributed by atoms with Gasteiger partial charge in [-0.2, -0.15) is 5.26 Å². The Labute approximate surface area is 246 Å². The molecule has 3 unspecified atom stereocenters. The first-order valence-electron chi connectivity index (χ1n) is 12.8. The van der Waals surface area contributed by atoms with E-state index in [0.717, 1.165) is 23.2 Å². The van der Waals surface area contributed by atoms with Gasteiger partial charge in [0.25, 0.3) is 17.7 Å². The third-order valence-corrected chi connectivity index (χ3v) is 7.39. The Morgan fingerprint density at radius 2 is 1.84 bits per heavy atom. The highest BCUT2D eigenvalue weighted by Gasteiger charge is 2.50. The van der Waals surface area contributed by atoms with Crippen LogP contribution >= 0.6 is 11.6 Å². The maximum atomic E-state index is 14.5. The molecule has 2 fully saturated rings. The molecule has 0 spiro atoms. The van der Waals surface area contributed by atoms with Crippen LogP contribution in [-0.4, -0.2) is 56.9 Å². The van der Waals surface area contributed by atoms with Crippen molar-refractivity contribution in [1.29, 1.82) is 5.26 Å². The van der Waals surface area contributed by atoms with Gasteiger partial charge in [-0.3, -0.25) is 24.2 Å². The Kier molecular flexibility index (Phi) is 8.04. The summed E-state index contributed by atoms with van der Waals surface area (Å²) in [6, 6.07) is 6.43. The fraction of sp³-hybridized carbons (Fsp3) is 0.286. The summed E-state index contributed by atoms with van der Waals surface area (Å²) in [6.45, 7) is 0. The summed E-state index contributed by atoms with van der Waals surface area (Å²) in [4.78, 5) is 50.5. The second kappa shape index (κ2) is 11.6. The van der Waals surface area contributed by atoms with Crippen molar-refractivity contribution in [1.82, 2.24) is 15.3 Å². The van der Waals surface area contributed by atoms with E-state index in [1.807, 2.05) is 0 Å². The van der Waals surface area contributed by atoms with E-state index in [9.17, 15) is 42.3 Å². The first-order valence-corrected chi connectivity index (χ1v) is 13.2. The fourth-order valence-electron chi connectivity index (χ4n) is 5.09. The highest BCUT2D eigenvalue weighted by molar-refractivity contribution is 6.31. The number of aliphatic hydroxyl groups is 1. The number of benzene rings is 2. The molecule has 1 aliphatic carbocycles. The van der Waals surface area contributed by atoms with Crippen LogP contribution < -0.4 is 15.1 Å². The number of aromatic nitrogens is 2. The molecule has 3 aromatic rings. The SMILES string of the molecule is N#Cc1ccnc(N2C(=O)C(O)CC2C(=O)N(c2cc(F)cc(F)c2)C(C(=O)NC2CC(F)(F)C2)c2ccccc2Cl)n1. The Morgan fingerprint density at radius 1 is 1.16 bits per heavy atom. The second-order valence-electron chi connectivity index (χ2n) is 10.1. The fourth-order valence-corrected chi connectivity index (χ4v) is 5.33. The zero-order valence-electron chi connectivity index (χ0n) is 21.9. The van der Waals surface area contributed by atoms with Gasteiger partial charge in [0.2, 0.25) is 11.9 Å². The van der Waals surface area contributed by atoms with Gasteiger partial charge in [-0.25, -0.2) is 27.5 Å². The van der Waals surface area contributed by atoms with E-state index in [4.69, 9.17) is 11.6 Å². The molecule has 2 heterocycles. The van der Waals surface area contributed by atoms with Crippen molar-refractivity contribution in [2.75, 3.05) is 9.80 Å². The molecule has 2 N–H and O–H groups in total. The Balaban J connectivity index is 1.65. The van der Waals surface area contributed by atoms with Crippen molar-refractivity contribution < 1.29 is 37.1 Å². The molecule has 2 aliphatic rings. The molecule has 3 amide bonds. The number of amides is 3. The van der Waals surface area contributed by atoms with Crippen LogP contribution in [0.3, 0.4) is 0 Å². The van der Waals surface area contributed by atoms with E-state index >= 15 is 0 Å². The van der Waals surface area contributed by atoms with Crippen molar-refractivity contribution in [3.8, 4) is 6.07 Å². The highest BCUT2D eigenvalue weighted by Crippen LogP contribution is 2.40. The second-order valence-corrected chi connectivity index (χ2v) is 10.5. The molecule has 222 valence electrons. The molecule has 10 nitrogen and oxygen atoms in total. The van der Waals surface area contributed by atoms with E-state index in [2.05, 4.69) is 15.3 Å². The number of aliphatic hydroxyl groups excluding tert-OH is 1. The Bertz CT molecular complexity index is 1630. The van der Waals surface area contributed by atoms with E-state index in [-0.39, 0.29) is 16.3 Å². The lowest BCUT2D eigenvalue weighted by atomic mass is 9.87. The number of carbonyl (C=O) groups is 3. The number of hydrogen-bond acceptors (Lipinski definition) is 7. The van der Waals surface area contributed by atoms with Crippen LogP contribution in [0.1, 0.15) is 36.6 Å². The van der Waals surface area contributed by atoms with E-state index in [1.54, 1.807) is 6.07 Å². The first-order chi connectivity index (χ1) is 20.4. The number of nitriles is 1. The number of anilines is 2. The summed E-state index contributed by atoms with van der Waals surface area (Å²) >= 11 is 6.41. The molecule has 1 saturated carbocycles. The van der Waals surface area contributed by atoms with Crippen LogP contribution in [-0.2, 0) is 14.4 Å². The Hall–Kier alpha value is -4.61. The topological polar surface area (TPSA) is 140 Å². The minimum atomic E-state index is -3.00. The number of hydrogen-bond donors (Lipinski definition) is 2. The smallest absolute Gasteiger partial charge is 0.259 e. The van der Waals surface area contributed by atoms with E-state index in [1.165, 1.54) is 30.3 Å². The van der Waals surface area contributed by atoms with Gasteiger partial charge in [-0.05, 0) is 24.3 Å². The van der Waals surface area contributed by atoms with Crippen molar-refractivity contribution in [2.24, 2.45) is 0 Å². The van der Waals surface area contributed by atoms with Gasteiger partial charge in [0.1, 0.15) is 41.6 Å². The molecule has 15 heteroatoms. The quantitative estimate of drug-likeness (QED) is 0.388. The van der Waals surface area contributed by atoms with Crippen LogP contribution in [0.15, 0.2) is 54.7 Å². The van der Waals surface area contributed by atoms with E-state index < -0.39 is 90.4 Å². The lowest BCUT2D eigenvalue weighted by Crippen LogP contribution is -2.56. The first kappa shape index (κ1) is 29.9. The average molecular weight is 617 g/mol. The van der Waals surface area contributed by atoms with Gasteiger partial charge in [-0.15, -0.1) is 0 Å². The largest absolute Gasteiger partial charge is 0.383 e. The van der Waals surface area contributed by atoms with E-state index in [0.29, 0.717) is 11.0 Å². The van der Waals surface area contributed by atoms with Gasteiger partial charge < -0.3 is 10.4 Å². The molecule has 0 radical (unpaired) electrons. The molecule has 3 atom stereocenters. The van der Waals surface area contributed by atoms with Crippen molar-refractivity contribution in [3.05, 3.63) is 82.6 Å². The summed E-state index contributed by atoms with van der Waals surface area (Å²) in [6.07, 6.45) is -2.47. The molecular weight excluding hydrogens is 596 g/mol. The summed E-state index contributed by atoms with van der Waals surface area (Å²) in [5, 5.41) is 22.1. The summed E-state index contributed by atoms with van der Waals surface area (Å²) in [5.41, 5.74) is -0.660. The van der Waals surface area contributed by atoms with Crippen LogP contribution in [0.5, 0.6) is 0 Å². The molecular formula is C28H21ClF4N6O4. The lowest BCUT2D eigenvalue weighted by Gasteiger charge is -2.39. The van der Waals surface area contributed by atoms with Crippen molar-refractivity contribution in [2.45, 2.75) is 49.4 Å². The number of nitrogens with one attached hydrogen (secondary N) is 1. The molecule has 2 aromatic carbocycles.